The van der Waals surface area contributed by atoms with Crippen molar-refractivity contribution in [1.29, 1.82) is 0 Å². The average Bonchev–Trinajstić information content (AvgIpc) is 3.19. The fraction of sp³-hybridized carbons (Fsp3) is 0.364. The highest BCUT2D eigenvalue weighted by Crippen LogP contribution is 2.32. The van der Waals surface area contributed by atoms with Crippen molar-refractivity contribution in [3.8, 4) is 11.3 Å². The number of nitrogens with zero attached hydrogens (tertiary/aromatic N) is 4. The van der Waals surface area contributed by atoms with Gasteiger partial charge < -0.3 is 16.0 Å². The second-order valence-corrected chi connectivity index (χ2v) is 9.57. The molecule has 2 saturated heterocycles. The van der Waals surface area contributed by atoms with Crippen molar-refractivity contribution in [3.63, 3.8) is 0 Å². The van der Waals surface area contributed by atoms with E-state index in [9.17, 15) is 9.59 Å². The minimum atomic E-state index is -0.528. The Kier molecular flexibility index (Phi) is 5.08. The average molecular weight is 465 g/mol. The number of hydrogen-bond donors (Lipinski definition) is 4. The van der Waals surface area contributed by atoms with Crippen LogP contribution in [-0.2, 0) is 11.3 Å². The number of fused-ring (bicyclic) bond motifs is 1. The van der Waals surface area contributed by atoms with Crippen LogP contribution in [0.1, 0.15) is 23.4 Å². The minimum Gasteiger partial charge on any atom is -0.379 e. The highest BCUT2D eigenvalue weighted by atomic mass is 32.1. The van der Waals surface area contributed by atoms with Crippen LogP contribution in [0.15, 0.2) is 29.4 Å². The topological polar surface area (TPSA) is 116 Å². The molecule has 170 valence electrons. The van der Waals surface area contributed by atoms with Crippen LogP contribution in [0.25, 0.3) is 23.0 Å². The van der Waals surface area contributed by atoms with E-state index in [0.29, 0.717) is 17.4 Å². The third kappa shape index (κ3) is 4.22. The Bertz CT molecular complexity index is 1270. The molecule has 3 aromatic rings. The third-order valence-electron chi connectivity index (χ3n) is 5.98. The molecule has 2 aliphatic heterocycles. The Morgan fingerprint density at radius 1 is 1.18 bits per heavy atom. The monoisotopic (exact) mass is 464 g/mol. The standard InChI is InChI=1S/C22H24N8O2S/c31-21-19(26-22(32)27-21)8-15-10-24-20-18(25-14-1-2-14)9-17(28-30(15)20)13-7-16(33-12-13)11-29-5-3-23-4-6-29/h7-10,12,14,23,25H,1-6,11H2,(H2,26,27,31,32)/b19-8-. The van der Waals surface area contributed by atoms with E-state index >= 15 is 0 Å². The van der Waals surface area contributed by atoms with Crippen LogP contribution in [-0.4, -0.2) is 63.7 Å². The van der Waals surface area contributed by atoms with E-state index < -0.39 is 11.9 Å². The van der Waals surface area contributed by atoms with Gasteiger partial charge in [-0.3, -0.25) is 15.0 Å². The number of rotatable bonds is 6. The molecule has 3 aromatic heterocycles. The van der Waals surface area contributed by atoms with Gasteiger partial charge in [0.2, 0.25) is 0 Å². The fourth-order valence-corrected chi connectivity index (χ4v) is 5.02. The SMILES string of the molecule is O=C1NC(=O)/C(=C/c2cnc3c(NC4CC4)cc(-c4csc(CN5CCNCC5)c4)nn23)N1. The molecular weight excluding hydrogens is 440 g/mol. The number of thiophene rings is 1. The molecule has 0 atom stereocenters. The van der Waals surface area contributed by atoms with E-state index in [0.717, 1.165) is 62.5 Å². The van der Waals surface area contributed by atoms with Gasteiger partial charge in [0.15, 0.2) is 5.65 Å². The third-order valence-corrected chi connectivity index (χ3v) is 6.90. The number of urea groups is 1. The van der Waals surface area contributed by atoms with Gasteiger partial charge >= 0.3 is 6.03 Å². The Labute approximate surface area is 194 Å². The van der Waals surface area contributed by atoms with Gasteiger partial charge in [0, 0.05) is 54.6 Å². The molecule has 0 radical (unpaired) electrons. The molecule has 3 aliphatic rings. The van der Waals surface area contributed by atoms with Crippen molar-refractivity contribution in [2.24, 2.45) is 0 Å². The summed E-state index contributed by atoms with van der Waals surface area (Å²) in [6.07, 6.45) is 5.54. The Hall–Kier alpha value is -3.28. The lowest BCUT2D eigenvalue weighted by Gasteiger charge is -2.26. The summed E-state index contributed by atoms with van der Waals surface area (Å²) in [4.78, 5) is 31.8. The molecule has 33 heavy (non-hydrogen) atoms. The summed E-state index contributed by atoms with van der Waals surface area (Å²) in [6, 6.07) is 4.19. The van der Waals surface area contributed by atoms with Crippen molar-refractivity contribution in [2.45, 2.75) is 25.4 Å². The lowest BCUT2D eigenvalue weighted by atomic mass is 10.2. The molecule has 4 N–H and O–H groups in total. The molecule has 11 heteroatoms. The number of carbonyl (C=O) groups is 2. The maximum absolute atomic E-state index is 12.0. The van der Waals surface area contributed by atoms with Gasteiger partial charge in [-0.1, -0.05) is 0 Å². The Morgan fingerprint density at radius 3 is 2.79 bits per heavy atom. The van der Waals surface area contributed by atoms with Gasteiger partial charge in [-0.05, 0) is 31.1 Å². The van der Waals surface area contributed by atoms with Crippen molar-refractivity contribution < 1.29 is 9.59 Å². The summed E-state index contributed by atoms with van der Waals surface area (Å²) in [7, 11) is 0. The number of imide groups is 1. The summed E-state index contributed by atoms with van der Waals surface area (Å²) in [5.41, 5.74) is 4.31. The maximum atomic E-state index is 12.0. The van der Waals surface area contributed by atoms with Crippen molar-refractivity contribution in [1.82, 2.24) is 35.4 Å². The number of carbonyl (C=O) groups excluding carboxylic acids is 2. The van der Waals surface area contributed by atoms with Crippen LogP contribution in [0.5, 0.6) is 0 Å². The molecule has 0 aromatic carbocycles. The van der Waals surface area contributed by atoms with Crippen LogP contribution < -0.4 is 21.3 Å². The van der Waals surface area contributed by atoms with Crippen LogP contribution >= 0.6 is 11.3 Å². The quantitative estimate of drug-likeness (QED) is 0.324. The number of hydrogen-bond acceptors (Lipinski definition) is 8. The second kappa shape index (κ2) is 8.25. The molecular formula is C22H24N8O2S. The predicted molar refractivity (Wildman–Crippen MR) is 126 cm³/mol. The van der Waals surface area contributed by atoms with Crippen LogP contribution in [0.3, 0.4) is 0 Å². The lowest BCUT2D eigenvalue weighted by Crippen LogP contribution is -2.42. The summed E-state index contributed by atoms with van der Waals surface area (Å²) in [5.74, 6) is -0.460. The molecule has 5 heterocycles. The predicted octanol–water partition coefficient (Wildman–Crippen LogP) is 1.62. The normalized spacial score (nSPS) is 20.4. The number of piperazine rings is 1. The summed E-state index contributed by atoms with van der Waals surface area (Å²) in [5, 5.41) is 18.7. The first-order valence-corrected chi connectivity index (χ1v) is 12.0. The Morgan fingerprint density at radius 2 is 2.03 bits per heavy atom. The van der Waals surface area contributed by atoms with Gasteiger partial charge in [-0.15, -0.1) is 11.3 Å². The summed E-state index contributed by atoms with van der Waals surface area (Å²) in [6.45, 7) is 5.13. The van der Waals surface area contributed by atoms with Crippen molar-refractivity contribution >= 4 is 40.7 Å². The van der Waals surface area contributed by atoms with E-state index in [2.05, 4.69) is 48.7 Å². The second-order valence-electron chi connectivity index (χ2n) is 8.57. The largest absolute Gasteiger partial charge is 0.379 e. The molecule has 3 fully saturated rings. The molecule has 0 bridgehead atoms. The highest BCUT2D eigenvalue weighted by Gasteiger charge is 2.25. The van der Waals surface area contributed by atoms with E-state index in [-0.39, 0.29) is 5.70 Å². The molecule has 0 unspecified atom stereocenters. The van der Waals surface area contributed by atoms with Crippen LogP contribution in [0.2, 0.25) is 0 Å². The van der Waals surface area contributed by atoms with E-state index in [1.165, 1.54) is 4.88 Å². The lowest BCUT2D eigenvalue weighted by molar-refractivity contribution is -0.115. The zero-order valence-electron chi connectivity index (χ0n) is 17.9. The van der Waals surface area contributed by atoms with Crippen molar-refractivity contribution in [3.05, 3.63) is 40.0 Å². The fourth-order valence-electron chi connectivity index (χ4n) is 4.10. The van der Waals surface area contributed by atoms with Gasteiger partial charge in [0.25, 0.3) is 5.91 Å². The summed E-state index contributed by atoms with van der Waals surface area (Å²) >= 11 is 1.75. The van der Waals surface area contributed by atoms with Crippen molar-refractivity contribution in [2.75, 3.05) is 31.5 Å². The molecule has 6 rings (SSSR count). The zero-order chi connectivity index (χ0) is 22.4. The molecule has 3 amide bonds. The summed E-state index contributed by atoms with van der Waals surface area (Å²) < 4.78 is 1.73. The van der Waals surface area contributed by atoms with Gasteiger partial charge in [-0.25, -0.2) is 14.3 Å². The zero-order valence-corrected chi connectivity index (χ0v) is 18.7. The molecule has 1 saturated carbocycles. The first-order valence-electron chi connectivity index (χ1n) is 11.1. The first kappa shape index (κ1) is 20.3. The van der Waals surface area contributed by atoms with Crippen LogP contribution in [0, 0.1) is 0 Å². The van der Waals surface area contributed by atoms with E-state index in [4.69, 9.17) is 5.10 Å². The molecule has 10 nitrogen and oxygen atoms in total. The highest BCUT2D eigenvalue weighted by molar-refractivity contribution is 7.10. The molecule has 1 aliphatic carbocycles. The first-order chi connectivity index (χ1) is 16.1. The smallest absolute Gasteiger partial charge is 0.326 e. The Balaban J connectivity index is 1.36. The number of imidazole rings is 1. The van der Waals surface area contributed by atoms with Gasteiger partial charge in [-0.2, -0.15) is 5.10 Å². The minimum absolute atomic E-state index is 0.180. The molecule has 0 spiro atoms. The van der Waals surface area contributed by atoms with E-state index in [1.807, 2.05) is 0 Å². The number of nitrogens with one attached hydrogen (secondary N) is 4. The van der Waals surface area contributed by atoms with Crippen LogP contribution in [0.4, 0.5) is 10.5 Å². The van der Waals surface area contributed by atoms with Gasteiger partial charge in [0.05, 0.1) is 23.3 Å². The van der Waals surface area contributed by atoms with E-state index in [1.54, 1.807) is 28.1 Å². The number of aromatic nitrogens is 3. The number of anilines is 1. The number of amides is 3. The van der Waals surface area contributed by atoms with Gasteiger partial charge in [0.1, 0.15) is 5.70 Å². The maximum Gasteiger partial charge on any atom is 0.326 e.